The second-order valence-electron chi connectivity index (χ2n) is 6.73. The topological polar surface area (TPSA) is 67.9 Å². The van der Waals surface area contributed by atoms with E-state index in [-0.39, 0.29) is 23.5 Å². The zero-order valence-corrected chi connectivity index (χ0v) is 15.4. The van der Waals surface area contributed by atoms with Gasteiger partial charge in [-0.25, -0.2) is 4.99 Å². The molecule has 27 heavy (non-hydrogen) atoms. The number of halogens is 2. The fraction of sp³-hybridized carbons (Fsp3) is 0.400. The van der Waals surface area contributed by atoms with Crippen LogP contribution in [0.5, 0.6) is 0 Å². The Bertz CT molecular complexity index is 805. The van der Waals surface area contributed by atoms with Crippen LogP contribution in [0.15, 0.2) is 58.8 Å². The minimum absolute atomic E-state index is 0.146. The van der Waals surface area contributed by atoms with Crippen LogP contribution < -0.4 is 5.73 Å². The van der Waals surface area contributed by atoms with Crippen LogP contribution in [-0.4, -0.2) is 30.4 Å². The van der Waals surface area contributed by atoms with Crippen LogP contribution >= 0.6 is 0 Å². The van der Waals surface area contributed by atoms with Crippen molar-refractivity contribution in [3.05, 3.63) is 59.4 Å². The molecule has 0 spiro atoms. The number of nitrogens with zero attached hydrogens (tertiary/aromatic N) is 2. The maximum absolute atomic E-state index is 13.2. The van der Waals surface area contributed by atoms with Gasteiger partial charge >= 0.3 is 6.61 Å². The van der Waals surface area contributed by atoms with Gasteiger partial charge in [-0.05, 0) is 30.1 Å². The van der Waals surface area contributed by atoms with E-state index in [1.54, 1.807) is 13.1 Å². The third kappa shape index (κ3) is 3.34. The van der Waals surface area contributed by atoms with Gasteiger partial charge in [0.15, 0.2) is 11.5 Å². The van der Waals surface area contributed by atoms with E-state index in [1.807, 2.05) is 37.3 Å². The molecule has 5 nitrogen and oxygen atoms in total. The smallest absolute Gasteiger partial charge is 0.387 e. The average Bonchev–Trinajstić information content (AvgIpc) is 2.89. The lowest BCUT2D eigenvalue weighted by molar-refractivity contribution is -0.132. The van der Waals surface area contributed by atoms with E-state index in [0.717, 1.165) is 17.6 Å². The van der Waals surface area contributed by atoms with Crippen molar-refractivity contribution in [2.75, 3.05) is 7.05 Å². The third-order valence-corrected chi connectivity index (χ3v) is 5.08. The molecule has 144 valence electrons. The van der Waals surface area contributed by atoms with Crippen molar-refractivity contribution in [1.29, 1.82) is 0 Å². The van der Waals surface area contributed by atoms with Crippen LogP contribution in [0.3, 0.4) is 0 Å². The molecular formula is C20H23F2N3O2. The number of likely N-dealkylation sites (N-methyl/N-ethyl adjacent to an activating group) is 1. The van der Waals surface area contributed by atoms with E-state index in [1.165, 1.54) is 11.0 Å². The summed E-state index contributed by atoms with van der Waals surface area (Å²) in [6.07, 6.45) is 5.06. The second-order valence-corrected chi connectivity index (χ2v) is 6.73. The van der Waals surface area contributed by atoms with Crippen LogP contribution in [0.2, 0.25) is 0 Å². The molecule has 1 aromatic rings. The van der Waals surface area contributed by atoms with E-state index < -0.39 is 12.2 Å². The lowest BCUT2D eigenvalue weighted by Crippen LogP contribution is -2.45. The Kier molecular flexibility index (Phi) is 5.30. The molecule has 2 N–H and O–H groups in total. The summed E-state index contributed by atoms with van der Waals surface area (Å²) in [6.45, 7) is -0.915. The molecule has 1 amide bonds. The fourth-order valence-corrected chi connectivity index (χ4v) is 3.79. The number of hydrogen-bond donors (Lipinski definition) is 1. The van der Waals surface area contributed by atoms with Crippen LogP contribution in [0.4, 0.5) is 8.78 Å². The lowest BCUT2D eigenvalue weighted by Gasteiger charge is -2.35. The summed E-state index contributed by atoms with van der Waals surface area (Å²) in [6, 6.07) is 9.23. The zero-order chi connectivity index (χ0) is 19.6. The van der Waals surface area contributed by atoms with Gasteiger partial charge in [-0.2, -0.15) is 8.78 Å². The quantitative estimate of drug-likeness (QED) is 0.827. The number of nitrogens with two attached hydrogens (primary N) is 1. The Hall–Kier alpha value is -2.70. The molecule has 0 bridgehead atoms. The molecule has 1 aliphatic heterocycles. The van der Waals surface area contributed by atoms with Crippen molar-refractivity contribution in [3.8, 4) is 0 Å². The number of alkyl halides is 2. The molecule has 1 aliphatic carbocycles. The van der Waals surface area contributed by atoms with Crippen LogP contribution in [0.25, 0.3) is 0 Å². The number of hydrogen-bond acceptors (Lipinski definition) is 4. The Morgan fingerprint density at radius 3 is 2.63 bits per heavy atom. The molecule has 0 fully saturated rings. The van der Waals surface area contributed by atoms with Gasteiger partial charge in [-0.3, -0.25) is 9.69 Å². The molecule has 1 unspecified atom stereocenters. The highest BCUT2D eigenvalue weighted by Gasteiger charge is 2.53. The van der Waals surface area contributed by atoms with Crippen molar-refractivity contribution in [1.82, 2.24) is 4.90 Å². The number of amides is 1. The third-order valence-electron chi connectivity index (χ3n) is 5.08. The fourth-order valence-electron chi connectivity index (χ4n) is 3.79. The van der Waals surface area contributed by atoms with Crippen molar-refractivity contribution < 1.29 is 18.3 Å². The highest BCUT2D eigenvalue weighted by molar-refractivity contribution is 6.07. The van der Waals surface area contributed by atoms with E-state index in [9.17, 15) is 13.6 Å². The Labute approximate surface area is 157 Å². The molecule has 0 radical (unpaired) electrons. The van der Waals surface area contributed by atoms with Crippen LogP contribution in [0, 0.1) is 5.92 Å². The molecule has 1 aromatic carbocycles. The van der Waals surface area contributed by atoms with Crippen LogP contribution in [-0.2, 0) is 15.1 Å². The van der Waals surface area contributed by atoms with Gasteiger partial charge in [0.1, 0.15) is 5.76 Å². The first-order chi connectivity index (χ1) is 12.9. The summed E-state index contributed by atoms with van der Waals surface area (Å²) in [5, 5.41) is 0. The van der Waals surface area contributed by atoms with E-state index in [2.05, 4.69) is 9.73 Å². The molecule has 2 atom stereocenters. The minimum atomic E-state index is -2.89. The first kappa shape index (κ1) is 19.1. The number of aliphatic imine (C=N–C) groups is 1. The summed E-state index contributed by atoms with van der Waals surface area (Å²) < 4.78 is 30.2. The van der Waals surface area contributed by atoms with E-state index in [0.29, 0.717) is 12.8 Å². The molecule has 2 aliphatic rings. The van der Waals surface area contributed by atoms with Gasteiger partial charge in [-0.15, -0.1) is 0 Å². The van der Waals surface area contributed by atoms with E-state index >= 15 is 0 Å². The first-order valence-electron chi connectivity index (χ1n) is 8.94. The number of benzene rings is 1. The van der Waals surface area contributed by atoms with Crippen molar-refractivity contribution >= 4 is 11.9 Å². The van der Waals surface area contributed by atoms with Gasteiger partial charge in [-0.1, -0.05) is 49.8 Å². The summed E-state index contributed by atoms with van der Waals surface area (Å²) >= 11 is 0. The Morgan fingerprint density at radius 1 is 1.37 bits per heavy atom. The summed E-state index contributed by atoms with van der Waals surface area (Å²) in [5.74, 6) is -0.243. The number of carbonyl (C=O) groups is 1. The summed E-state index contributed by atoms with van der Waals surface area (Å²) in [7, 11) is 1.59. The predicted octanol–water partition coefficient (Wildman–Crippen LogP) is 3.54. The molecule has 0 saturated carbocycles. The molecule has 3 rings (SSSR count). The summed E-state index contributed by atoms with van der Waals surface area (Å²) in [5.41, 5.74) is 6.26. The number of rotatable bonds is 6. The average molecular weight is 375 g/mol. The molecule has 7 heteroatoms. The maximum Gasteiger partial charge on any atom is 0.387 e. The normalized spacial score (nSPS) is 25.4. The summed E-state index contributed by atoms with van der Waals surface area (Å²) in [4.78, 5) is 19.1. The minimum Gasteiger partial charge on any atom is -0.435 e. The van der Waals surface area contributed by atoms with Crippen LogP contribution in [0.1, 0.15) is 31.7 Å². The highest BCUT2D eigenvalue weighted by Crippen LogP contribution is 2.45. The largest absolute Gasteiger partial charge is 0.435 e. The van der Waals surface area contributed by atoms with E-state index in [4.69, 9.17) is 5.73 Å². The van der Waals surface area contributed by atoms with Crippen molar-refractivity contribution in [3.63, 3.8) is 0 Å². The van der Waals surface area contributed by atoms with Gasteiger partial charge in [0, 0.05) is 13.0 Å². The Balaban J connectivity index is 2.05. The number of carbonyl (C=O) groups excluding carboxylic acids is 1. The predicted molar refractivity (Wildman–Crippen MR) is 98.8 cm³/mol. The molecular weight excluding hydrogens is 352 g/mol. The SMILES string of the molecule is CCCC1=C(OC(F)F)C=CC([C@]2(c3ccccc3)N=C(N)N(C)C2=O)C1. The standard InChI is InChI=1S/C20H23F2N3O2/c1-3-7-13-12-15(10-11-16(13)27-18(21)22)20(14-8-5-4-6-9-14)17(26)25(2)19(23)24-20/h4-6,8-11,15,18H,3,7,12H2,1-2H3,(H2,23,24)/t15?,20-/m0/s1. The second kappa shape index (κ2) is 7.50. The highest BCUT2D eigenvalue weighted by atomic mass is 19.3. The zero-order valence-electron chi connectivity index (χ0n) is 15.4. The molecule has 1 heterocycles. The molecule has 0 aromatic heterocycles. The van der Waals surface area contributed by atoms with Gasteiger partial charge in [0.2, 0.25) is 0 Å². The van der Waals surface area contributed by atoms with Crippen molar-refractivity contribution in [2.24, 2.45) is 16.6 Å². The first-order valence-corrected chi connectivity index (χ1v) is 8.94. The monoisotopic (exact) mass is 375 g/mol. The number of guanidine groups is 1. The maximum atomic E-state index is 13.2. The van der Waals surface area contributed by atoms with Gasteiger partial charge < -0.3 is 10.5 Å². The van der Waals surface area contributed by atoms with Crippen molar-refractivity contribution in [2.45, 2.75) is 38.3 Å². The van der Waals surface area contributed by atoms with Gasteiger partial charge in [0.05, 0.1) is 0 Å². The molecule has 0 saturated heterocycles. The number of allylic oxidation sites excluding steroid dienone is 2. The Morgan fingerprint density at radius 2 is 2.07 bits per heavy atom. The lowest BCUT2D eigenvalue weighted by atomic mass is 9.72. The number of ether oxygens (including phenoxy) is 1. The van der Waals surface area contributed by atoms with Gasteiger partial charge in [0.25, 0.3) is 5.91 Å².